The Hall–Kier alpha value is 0.600. The van der Waals surface area contributed by atoms with Gasteiger partial charge in [-0.2, -0.15) is 0 Å². The molecule has 10 heavy (non-hydrogen) atoms. The monoisotopic (exact) mass is 182 g/mol. The predicted octanol–water partition coefficient (Wildman–Crippen LogP) is 0.535. The maximum atomic E-state index is 11.0. The van der Waals surface area contributed by atoms with E-state index < -0.39 is 8.53 Å². The summed E-state index contributed by atoms with van der Waals surface area (Å²) in [6, 6.07) is 0. The number of hydrogen-bond donors (Lipinski definition) is 0. The molecule has 0 bridgehead atoms. The van der Waals surface area contributed by atoms with Gasteiger partial charge in [0.1, 0.15) is 0 Å². The largest absolute Gasteiger partial charge is 0.796 e. The van der Waals surface area contributed by atoms with Gasteiger partial charge in [0.2, 0.25) is 0 Å². The maximum Gasteiger partial charge on any atom is 0.0522 e. The SMILES string of the molecule is [O-]P1OCCCN1CCCl. The van der Waals surface area contributed by atoms with E-state index in [1.807, 2.05) is 0 Å². The van der Waals surface area contributed by atoms with Crippen LogP contribution in [0, 0.1) is 0 Å². The van der Waals surface area contributed by atoms with Gasteiger partial charge < -0.3 is 9.42 Å². The molecule has 60 valence electrons. The van der Waals surface area contributed by atoms with Crippen LogP contribution < -0.4 is 4.89 Å². The Kier molecular flexibility index (Phi) is 3.89. The molecule has 1 saturated heterocycles. The zero-order valence-electron chi connectivity index (χ0n) is 5.62. The van der Waals surface area contributed by atoms with Crippen molar-refractivity contribution in [1.82, 2.24) is 4.67 Å². The van der Waals surface area contributed by atoms with Crippen molar-refractivity contribution in [3.63, 3.8) is 0 Å². The Morgan fingerprint density at radius 2 is 2.50 bits per heavy atom. The van der Waals surface area contributed by atoms with Crippen LogP contribution >= 0.6 is 20.1 Å². The summed E-state index contributed by atoms with van der Waals surface area (Å²) in [4.78, 5) is 11.0. The van der Waals surface area contributed by atoms with Gasteiger partial charge >= 0.3 is 0 Å². The van der Waals surface area contributed by atoms with Crippen molar-refractivity contribution in [1.29, 1.82) is 0 Å². The number of rotatable bonds is 2. The minimum absolute atomic E-state index is 0.518. The van der Waals surface area contributed by atoms with E-state index in [-0.39, 0.29) is 0 Å². The molecule has 1 rings (SSSR count). The van der Waals surface area contributed by atoms with Crippen LogP contribution in [0.2, 0.25) is 0 Å². The molecular weight excluding hydrogens is 172 g/mol. The average molecular weight is 183 g/mol. The van der Waals surface area contributed by atoms with Crippen molar-refractivity contribution in [3.8, 4) is 0 Å². The zero-order chi connectivity index (χ0) is 7.40. The fraction of sp³-hybridized carbons (Fsp3) is 1.00. The van der Waals surface area contributed by atoms with Gasteiger partial charge in [-0.15, -0.1) is 11.6 Å². The Labute approximate surface area is 66.9 Å². The summed E-state index contributed by atoms with van der Waals surface area (Å²) < 4.78 is 6.69. The minimum Gasteiger partial charge on any atom is -0.796 e. The van der Waals surface area contributed by atoms with Crippen LogP contribution in [0.5, 0.6) is 0 Å². The van der Waals surface area contributed by atoms with Gasteiger partial charge in [0.15, 0.2) is 0 Å². The molecule has 1 aliphatic heterocycles. The van der Waals surface area contributed by atoms with Gasteiger partial charge in [-0.3, -0.25) is 4.67 Å². The van der Waals surface area contributed by atoms with Crippen molar-refractivity contribution in [2.45, 2.75) is 6.42 Å². The summed E-state index contributed by atoms with van der Waals surface area (Å²) in [5, 5.41) is 0. The fourth-order valence-corrected chi connectivity index (χ4v) is 2.18. The van der Waals surface area contributed by atoms with E-state index in [2.05, 4.69) is 0 Å². The van der Waals surface area contributed by atoms with Crippen LogP contribution in [0.4, 0.5) is 0 Å². The molecule has 5 heteroatoms. The molecular formula is C5H10ClNO2P-. The Balaban J connectivity index is 2.25. The Bertz CT molecular complexity index is 104. The average Bonchev–Trinajstić information content (AvgIpc) is 1.94. The maximum absolute atomic E-state index is 11.0. The molecule has 1 atom stereocenters. The summed E-state index contributed by atoms with van der Waals surface area (Å²) >= 11 is 5.47. The second kappa shape index (κ2) is 4.47. The first-order valence-electron chi connectivity index (χ1n) is 3.25. The number of alkyl halides is 1. The van der Waals surface area contributed by atoms with E-state index in [4.69, 9.17) is 16.1 Å². The molecule has 0 N–H and O–H groups in total. The van der Waals surface area contributed by atoms with Crippen molar-refractivity contribution < 1.29 is 9.42 Å². The summed E-state index contributed by atoms with van der Waals surface area (Å²) in [5.74, 6) is 0.518. The van der Waals surface area contributed by atoms with Gasteiger partial charge in [0.05, 0.1) is 6.61 Å². The van der Waals surface area contributed by atoms with Crippen molar-refractivity contribution in [2.24, 2.45) is 0 Å². The molecule has 1 fully saturated rings. The summed E-state index contributed by atoms with van der Waals surface area (Å²) in [6.07, 6.45) is 0.956. The van der Waals surface area contributed by atoms with Crippen LogP contribution in [-0.2, 0) is 4.52 Å². The van der Waals surface area contributed by atoms with E-state index >= 15 is 0 Å². The summed E-state index contributed by atoms with van der Waals surface area (Å²) in [7, 11) is -1.56. The molecule has 0 saturated carbocycles. The van der Waals surface area contributed by atoms with Crippen molar-refractivity contribution >= 4 is 20.1 Å². The molecule has 3 nitrogen and oxygen atoms in total. The first kappa shape index (κ1) is 8.69. The first-order valence-corrected chi connectivity index (χ1v) is 4.92. The minimum atomic E-state index is -1.56. The lowest BCUT2D eigenvalue weighted by molar-refractivity contribution is -0.196. The number of halogens is 1. The lowest BCUT2D eigenvalue weighted by atomic mass is 10.4. The molecule has 1 heterocycles. The van der Waals surface area contributed by atoms with Gasteiger partial charge in [-0.05, 0) is 6.42 Å². The highest BCUT2D eigenvalue weighted by Gasteiger charge is 2.12. The molecule has 0 radical (unpaired) electrons. The molecule has 0 aliphatic carbocycles. The number of nitrogens with zero attached hydrogens (tertiary/aromatic N) is 1. The van der Waals surface area contributed by atoms with Gasteiger partial charge in [0.25, 0.3) is 0 Å². The van der Waals surface area contributed by atoms with E-state index in [1.165, 1.54) is 0 Å². The van der Waals surface area contributed by atoms with Gasteiger partial charge in [-0.1, -0.05) is 0 Å². The zero-order valence-corrected chi connectivity index (χ0v) is 7.27. The lowest BCUT2D eigenvalue weighted by Crippen LogP contribution is -2.31. The third kappa shape index (κ3) is 2.33. The van der Waals surface area contributed by atoms with E-state index in [0.717, 1.165) is 13.0 Å². The second-order valence-corrected chi connectivity index (χ2v) is 3.74. The topological polar surface area (TPSA) is 35.5 Å². The highest BCUT2D eigenvalue weighted by atomic mass is 35.5. The molecule has 1 unspecified atom stereocenters. The lowest BCUT2D eigenvalue weighted by Gasteiger charge is -2.38. The quantitative estimate of drug-likeness (QED) is 0.462. The predicted molar refractivity (Wildman–Crippen MR) is 39.8 cm³/mol. The van der Waals surface area contributed by atoms with E-state index in [1.54, 1.807) is 4.67 Å². The van der Waals surface area contributed by atoms with Crippen molar-refractivity contribution in [2.75, 3.05) is 25.6 Å². The van der Waals surface area contributed by atoms with Crippen LogP contribution in [0.15, 0.2) is 0 Å². The van der Waals surface area contributed by atoms with Crippen molar-refractivity contribution in [3.05, 3.63) is 0 Å². The summed E-state index contributed by atoms with van der Waals surface area (Å²) in [5.41, 5.74) is 0. The Morgan fingerprint density at radius 3 is 3.10 bits per heavy atom. The van der Waals surface area contributed by atoms with E-state index in [0.29, 0.717) is 19.0 Å². The van der Waals surface area contributed by atoms with Crippen LogP contribution in [0.25, 0.3) is 0 Å². The first-order chi connectivity index (χ1) is 4.84. The smallest absolute Gasteiger partial charge is 0.0522 e. The highest BCUT2D eigenvalue weighted by Crippen LogP contribution is 2.35. The van der Waals surface area contributed by atoms with Crippen LogP contribution in [-0.4, -0.2) is 30.2 Å². The molecule has 0 amide bonds. The van der Waals surface area contributed by atoms with E-state index in [9.17, 15) is 4.89 Å². The fourth-order valence-electron chi connectivity index (χ4n) is 0.844. The molecule has 0 spiro atoms. The standard InChI is InChI=1S/C5H10ClNO2P/c6-2-4-7-3-1-5-9-10(7)8/h1-5H2/q-1. The molecule has 0 aromatic heterocycles. The number of hydrogen-bond acceptors (Lipinski definition) is 3. The molecule has 1 aliphatic rings. The second-order valence-electron chi connectivity index (χ2n) is 2.07. The summed E-state index contributed by atoms with van der Waals surface area (Å²) in [6.45, 7) is 2.13. The molecule has 0 aromatic rings. The third-order valence-electron chi connectivity index (χ3n) is 1.34. The third-order valence-corrected chi connectivity index (χ3v) is 2.77. The highest BCUT2D eigenvalue weighted by molar-refractivity contribution is 7.42. The van der Waals surface area contributed by atoms with Gasteiger partial charge in [-0.25, -0.2) is 0 Å². The Morgan fingerprint density at radius 1 is 1.70 bits per heavy atom. The normalized spacial score (nSPS) is 28.8. The van der Waals surface area contributed by atoms with Gasteiger partial charge in [0, 0.05) is 27.5 Å². The van der Waals surface area contributed by atoms with Crippen LogP contribution in [0.3, 0.4) is 0 Å². The molecule has 0 aromatic carbocycles. The van der Waals surface area contributed by atoms with Crippen LogP contribution in [0.1, 0.15) is 6.42 Å².